The first kappa shape index (κ1) is 42.8. The normalized spacial score (nSPS) is 37.2. The SMILES string of the molecule is CC(C)C1=C2[C@H]3CC[C@@H]4[C@@]5(C)CC[C@H](OC(=O)CC(C)(C)C(=O)O)C(C)(C)[C@@H]5CC[C@@]4(C)[C@]3(C)CC[C@@]2(NC(=O)C(C)(C)NC(=O)CN2CCCCC2)CC1=O. The number of Topliss-reactive ketones (excluding diaryl/α,β-unsaturated/α-hetero) is 1. The van der Waals surface area contributed by atoms with Crippen LogP contribution in [0.2, 0.25) is 0 Å². The highest BCUT2D eigenvalue weighted by molar-refractivity contribution is 6.03. The first-order valence-electron chi connectivity index (χ1n) is 21.9. The Morgan fingerprint density at radius 3 is 2.14 bits per heavy atom. The number of rotatable bonds is 10. The number of carboxylic acid groups (broad SMARTS) is 1. The van der Waals surface area contributed by atoms with E-state index >= 15 is 0 Å². The van der Waals surface area contributed by atoms with Gasteiger partial charge in [-0.05, 0) is 156 Å². The highest BCUT2D eigenvalue weighted by atomic mass is 16.5. The maximum atomic E-state index is 14.3. The lowest BCUT2D eigenvalue weighted by Gasteiger charge is -2.72. The quantitative estimate of drug-likeness (QED) is 0.192. The van der Waals surface area contributed by atoms with Gasteiger partial charge < -0.3 is 20.5 Å². The van der Waals surface area contributed by atoms with Crippen molar-refractivity contribution in [2.24, 2.45) is 50.7 Å². The fourth-order valence-electron chi connectivity index (χ4n) is 13.7. The van der Waals surface area contributed by atoms with Gasteiger partial charge in [0.05, 0.1) is 23.9 Å². The molecule has 6 rings (SSSR count). The molecule has 314 valence electrons. The summed E-state index contributed by atoms with van der Waals surface area (Å²) >= 11 is 0. The third kappa shape index (κ3) is 6.97. The molecule has 10 heteroatoms. The number of likely N-dealkylation sites (tertiary alicyclic amines) is 1. The van der Waals surface area contributed by atoms with E-state index in [1.54, 1.807) is 27.7 Å². The van der Waals surface area contributed by atoms with Crippen molar-refractivity contribution in [1.82, 2.24) is 15.5 Å². The fourth-order valence-corrected chi connectivity index (χ4v) is 13.7. The van der Waals surface area contributed by atoms with Crippen LogP contribution in [0.15, 0.2) is 11.1 Å². The van der Waals surface area contributed by atoms with Crippen LogP contribution < -0.4 is 10.6 Å². The van der Waals surface area contributed by atoms with Gasteiger partial charge in [-0.2, -0.15) is 0 Å². The average molecular weight is 780 g/mol. The number of fused-ring (bicyclic) bond motifs is 7. The van der Waals surface area contributed by atoms with Gasteiger partial charge in [-0.3, -0.25) is 28.9 Å². The van der Waals surface area contributed by atoms with Gasteiger partial charge in [-0.25, -0.2) is 0 Å². The molecule has 0 aromatic rings. The highest BCUT2D eigenvalue weighted by Gasteiger charge is 2.70. The second-order valence-corrected chi connectivity index (χ2v) is 21.9. The Kier molecular flexibility index (Phi) is 11.1. The summed E-state index contributed by atoms with van der Waals surface area (Å²) in [6, 6.07) is 0. The molecule has 5 fully saturated rings. The molecule has 0 unspecified atom stereocenters. The van der Waals surface area contributed by atoms with Crippen LogP contribution in [0.1, 0.15) is 160 Å². The van der Waals surface area contributed by atoms with Crippen molar-refractivity contribution < 1.29 is 33.8 Å². The third-order valence-corrected chi connectivity index (χ3v) is 17.0. The lowest BCUT2D eigenvalue weighted by Crippen LogP contribution is -2.68. The molecule has 10 nitrogen and oxygen atoms in total. The van der Waals surface area contributed by atoms with Gasteiger partial charge in [0, 0.05) is 11.8 Å². The van der Waals surface area contributed by atoms with E-state index < -0.39 is 28.4 Å². The van der Waals surface area contributed by atoms with E-state index in [0.717, 1.165) is 76.5 Å². The smallest absolute Gasteiger partial charge is 0.309 e. The molecule has 56 heavy (non-hydrogen) atoms. The Hall–Kier alpha value is -2.75. The lowest BCUT2D eigenvalue weighted by atomic mass is 9.33. The maximum Gasteiger partial charge on any atom is 0.309 e. The predicted molar refractivity (Wildman–Crippen MR) is 216 cm³/mol. The molecule has 8 atom stereocenters. The minimum absolute atomic E-state index is 0.00906. The van der Waals surface area contributed by atoms with Crippen molar-refractivity contribution in [3.05, 3.63) is 11.1 Å². The number of carbonyl (C=O) groups is 5. The van der Waals surface area contributed by atoms with E-state index in [1.807, 2.05) is 0 Å². The number of nitrogens with zero attached hydrogens (tertiary/aromatic N) is 1. The molecule has 3 N–H and O–H groups in total. The van der Waals surface area contributed by atoms with Crippen LogP contribution in [0.4, 0.5) is 0 Å². The molecule has 0 aromatic carbocycles. The minimum Gasteiger partial charge on any atom is -0.481 e. The standard InChI is InChI=1S/C46H73N3O7/c1-28(2)36-30(50)25-46(48-38(53)42(7,8)47-34(51)27-49-23-13-12-14-24-49)22-21-44(10)29(37(36)46)15-16-32-43(9)19-18-33(56-35(52)26-40(3,4)39(54)55)41(5,6)31(43)17-20-45(32,44)11/h28-29,31-33H,12-27H2,1-11H3,(H,47,51)(H,48,53)(H,54,55)/t29-,31+,32-,33+,43+,44-,45-,46-/m1/s1. The van der Waals surface area contributed by atoms with E-state index in [-0.39, 0.29) is 76.6 Å². The van der Waals surface area contributed by atoms with E-state index in [0.29, 0.717) is 18.3 Å². The van der Waals surface area contributed by atoms with E-state index in [1.165, 1.54) is 12.0 Å². The first-order chi connectivity index (χ1) is 25.8. The number of aliphatic carboxylic acids is 1. The van der Waals surface area contributed by atoms with Crippen molar-refractivity contribution in [3.63, 3.8) is 0 Å². The van der Waals surface area contributed by atoms with Crippen LogP contribution in [0.5, 0.6) is 0 Å². The Morgan fingerprint density at radius 2 is 1.52 bits per heavy atom. The van der Waals surface area contributed by atoms with Crippen LogP contribution in [0, 0.1) is 50.7 Å². The van der Waals surface area contributed by atoms with Crippen molar-refractivity contribution >= 4 is 29.5 Å². The average Bonchev–Trinajstić information content (AvgIpc) is 3.38. The molecular weight excluding hydrogens is 707 g/mol. The molecule has 0 spiro atoms. The first-order valence-corrected chi connectivity index (χ1v) is 21.9. The number of piperidine rings is 1. The molecular formula is C46H73N3O7. The van der Waals surface area contributed by atoms with Gasteiger partial charge in [0.15, 0.2) is 5.78 Å². The molecule has 1 aliphatic heterocycles. The summed E-state index contributed by atoms with van der Waals surface area (Å²) in [5.74, 6) is -0.705. The number of esters is 1. The van der Waals surface area contributed by atoms with E-state index in [9.17, 15) is 29.1 Å². The number of allylic oxidation sites excluding steroid dienone is 1. The van der Waals surface area contributed by atoms with Crippen molar-refractivity contribution in [2.45, 2.75) is 177 Å². The second kappa shape index (κ2) is 14.5. The van der Waals surface area contributed by atoms with Crippen LogP contribution in [0.25, 0.3) is 0 Å². The zero-order chi connectivity index (χ0) is 41.4. The minimum atomic E-state index is -1.18. The Bertz CT molecular complexity index is 1660. The molecule has 0 radical (unpaired) electrons. The second-order valence-electron chi connectivity index (χ2n) is 21.9. The molecule has 0 aromatic heterocycles. The summed E-state index contributed by atoms with van der Waals surface area (Å²) in [6.45, 7) is 25.0. The third-order valence-electron chi connectivity index (χ3n) is 17.0. The van der Waals surface area contributed by atoms with E-state index in [4.69, 9.17) is 4.74 Å². The zero-order valence-corrected chi connectivity index (χ0v) is 36.5. The number of amides is 2. The molecule has 4 saturated carbocycles. The molecule has 2 amide bonds. The largest absolute Gasteiger partial charge is 0.481 e. The van der Waals surface area contributed by atoms with Gasteiger partial charge in [0.2, 0.25) is 11.8 Å². The van der Waals surface area contributed by atoms with Crippen molar-refractivity contribution in [1.29, 1.82) is 0 Å². The Labute approximate surface area is 336 Å². The summed E-state index contributed by atoms with van der Waals surface area (Å²) in [5, 5.41) is 16.1. The van der Waals surface area contributed by atoms with Crippen LogP contribution in [-0.4, -0.2) is 76.4 Å². The Balaban J connectivity index is 1.24. The van der Waals surface area contributed by atoms with Crippen LogP contribution in [-0.2, 0) is 28.7 Å². The highest BCUT2D eigenvalue weighted by Crippen LogP contribution is 2.76. The molecule has 1 heterocycles. The zero-order valence-electron chi connectivity index (χ0n) is 36.5. The fraction of sp³-hybridized carbons (Fsp3) is 0.848. The molecule has 6 aliphatic rings. The number of ether oxygens (including phenoxy) is 1. The monoisotopic (exact) mass is 780 g/mol. The van der Waals surface area contributed by atoms with E-state index in [2.05, 4.69) is 64.0 Å². The van der Waals surface area contributed by atoms with Gasteiger partial charge >= 0.3 is 11.9 Å². The predicted octanol–water partition coefficient (Wildman–Crippen LogP) is 7.63. The number of hydrogen-bond donors (Lipinski definition) is 3. The molecule has 0 bridgehead atoms. The summed E-state index contributed by atoms with van der Waals surface area (Å²) in [6.07, 6.45) is 10.6. The van der Waals surface area contributed by atoms with Crippen molar-refractivity contribution in [3.8, 4) is 0 Å². The van der Waals surface area contributed by atoms with Crippen LogP contribution >= 0.6 is 0 Å². The lowest BCUT2D eigenvalue weighted by molar-refractivity contribution is -0.232. The topological polar surface area (TPSA) is 142 Å². The summed E-state index contributed by atoms with van der Waals surface area (Å²) in [4.78, 5) is 68.7. The van der Waals surface area contributed by atoms with Gasteiger partial charge in [0.1, 0.15) is 11.6 Å². The number of carboxylic acids is 1. The van der Waals surface area contributed by atoms with Gasteiger partial charge in [-0.1, -0.05) is 54.9 Å². The summed E-state index contributed by atoms with van der Waals surface area (Å²) in [5.41, 5.74) is -1.35. The summed E-state index contributed by atoms with van der Waals surface area (Å²) in [7, 11) is 0. The maximum absolute atomic E-state index is 14.3. The Morgan fingerprint density at radius 1 is 0.857 bits per heavy atom. The summed E-state index contributed by atoms with van der Waals surface area (Å²) < 4.78 is 6.17. The molecule has 5 aliphatic carbocycles. The van der Waals surface area contributed by atoms with Gasteiger partial charge in [0.25, 0.3) is 0 Å². The number of hydrogen-bond acceptors (Lipinski definition) is 7. The number of carbonyl (C=O) groups excluding carboxylic acids is 4. The molecule has 1 saturated heterocycles. The number of ketones is 1. The number of nitrogens with one attached hydrogen (secondary N) is 2. The van der Waals surface area contributed by atoms with Crippen molar-refractivity contribution in [2.75, 3.05) is 19.6 Å². The van der Waals surface area contributed by atoms with Gasteiger partial charge in [-0.15, -0.1) is 0 Å². The van der Waals surface area contributed by atoms with Crippen LogP contribution in [0.3, 0.4) is 0 Å².